The molecule has 1 aromatic rings. The first-order valence-electron chi connectivity index (χ1n) is 5.51. The van der Waals surface area contributed by atoms with Gasteiger partial charge in [-0.15, -0.1) is 0 Å². The second-order valence-electron chi connectivity index (χ2n) is 4.48. The van der Waals surface area contributed by atoms with Gasteiger partial charge in [0.05, 0.1) is 30.7 Å². The summed E-state index contributed by atoms with van der Waals surface area (Å²) in [6, 6.07) is 0.448. The molecule has 2 atom stereocenters. The third-order valence-electron chi connectivity index (χ3n) is 2.97. The van der Waals surface area contributed by atoms with E-state index in [1.54, 1.807) is 19.4 Å². The minimum absolute atomic E-state index is 0.0307. The summed E-state index contributed by atoms with van der Waals surface area (Å²) in [7, 11) is 0. The van der Waals surface area contributed by atoms with Crippen LogP contribution in [0.3, 0.4) is 0 Å². The van der Waals surface area contributed by atoms with Crippen molar-refractivity contribution in [1.29, 1.82) is 0 Å². The first-order chi connectivity index (χ1) is 7.59. The predicted octanol–water partition coefficient (Wildman–Crippen LogP) is 1.36. The van der Waals surface area contributed by atoms with Gasteiger partial charge in [0.25, 0.3) is 0 Å². The Morgan fingerprint density at radius 1 is 1.69 bits per heavy atom. The van der Waals surface area contributed by atoms with E-state index in [4.69, 9.17) is 5.11 Å². The molecule has 0 amide bonds. The Labute approximate surface area is 93.7 Å². The van der Waals surface area contributed by atoms with Gasteiger partial charge >= 0.3 is 5.97 Å². The molecule has 0 aliphatic heterocycles. The zero-order chi connectivity index (χ0) is 11.7. The minimum Gasteiger partial charge on any atom is -0.481 e. The quantitative estimate of drug-likeness (QED) is 0.791. The summed E-state index contributed by atoms with van der Waals surface area (Å²) in [5.41, 5.74) is 0.733. The van der Waals surface area contributed by atoms with Crippen LogP contribution in [0.4, 0.5) is 0 Å². The highest BCUT2D eigenvalue weighted by Crippen LogP contribution is 2.38. The largest absolute Gasteiger partial charge is 0.481 e. The van der Waals surface area contributed by atoms with Crippen LogP contribution in [0.5, 0.6) is 0 Å². The fourth-order valence-corrected chi connectivity index (χ4v) is 1.88. The smallest absolute Gasteiger partial charge is 0.303 e. The van der Waals surface area contributed by atoms with Gasteiger partial charge in [-0.3, -0.25) is 4.79 Å². The van der Waals surface area contributed by atoms with Gasteiger partial charge in [-0.25, -0.2) is 4.98 Å². The number of aromatic nitrogens is 2. The third-order valence-corrected chi connectivity index (χ3v) is 2.97. The molecule has 0 radical (unpaired) electrons. The van der Waals surface area contributed by atoms with Crippen molar-refractivity contribution in [3.05, 3.63) is 18.2 Å². The molecule has 1 aromatic heterocycles. The van der Waals surface area contributed by atoms with Gasteiger partial charge in [0.2, 0.25) is 0 Å². The Morgan fingerprint density at radius 3 is 2.94 bits per heavy atom. The zero-order valence-corrected chi connectivity index (χ0v) is 9.21. The van der Waals surface area contributed by atoms with Gasteiger partial charge in [0, 0.05) is 6.04 Å². The number of rotatable bonds is 5. The Balaban J connectivity index is 2.09. The van der Waals surface area contributed by atoms with Crippen LogP contribution >= 0.6 is 0 Å². The van der Waals surface area contributed by atoms with E-state index in [0.29, 0.717) is 6.04 Å². The number of hydrogen-bond donors (Lipinski definition) is 2. The lowest BCUT2D eigenvalue weighted by Gasteiger charge is -2.18. The monoisotopic (exact) mass is 224 g/mol. The summed E-state index contributed by atoms with van der Waals surface area (Å²) in [6.45, 7) is 1.74. The number of carbonyl (C=O) groups is 1. The Bertz CT molecular complexity index is 384. The predicted molar refractivity (Wildman–Crippen MR) is 56.9 cm³/mol. The summed E-state index contributed by atoms with van der Waals surface area (Å²) in [5, 5.41) is 18.7. The summed E-state index contributed by atoms with van der Waals surface area (Å²) < 4.78 is 1.96. The Morgan fingerprint density at radius 2 is 2.38 bits per heavy atom. The van der Waals surface area contributed by atoms with Crippen LogP contribution in [0, 0.1) is 5.92 Å². The summed E-state index contributed by atoms with van der Waals surface area (Å²) in [4.78, 5) is 14.6. The highest BCUT2D eigenvalue weighted by atomic mass is 16.4. The molecule has 2 rings (SSSR count). The van der Waals surface area contributed by atoms with Gasteiger partial charge in [-0.05, 0) is 18.8 Å². The van der Waals surface area contributed by atoms with E-state index >= 15 is 0 Å². The zero-order valence-electron chi connectivity index (χ0n) is 9.21. The molecule has 5 heteroatoms. The molecule has 2 unspecified atom stereocenters. The third kappa shape index (κ3) is 2.24. The van der Waals surface area contributed by atoms with Gasteiger partial charge in [0.15, 0.2) is 0 Å². The molecular formula is C11H16N2O3. The topological polar surface area (TPSA) is 75.3 Å². The van der Waals surface area contributed by atoms with Crippen LogP contribution in [-0.4, -0.2) is 25.7 Å². The molecule has 0 saturated heterocycles. The lowest BCUT2D eigenvalue weighted by molar-refractivity contribution is -0.139. The summed E-state index contributed by atoms with van der Waals surface area (Å²) in [6.07, 6.45) is 4.79. The molecule has 1 heterocycles. The van der Waals surface area contributed by atoms with E-state index < -0.39 is 12.1 Å². The number of carboxylic acid groups (broad SMARTS) is 1. The average Bonchev–Trinajstić information content (AvgIpc) is 2.94. The molecular weight excluding hydrogens is 208 g/mol. The van der Waals surface area contributed by atoms with Crippen molar-refractivity contribution in [2.75, 3.05) is 0 Å². The maximum Gasteiger partial charge on any atom is 0.303 e. The average molecular weight is 224 g/mol. The summed E-state index contributed by atoms with van der Waals surface area (Å²) in [5.74, 6) is -1.18. The van der Waals surface area contributed by atoms with Gasteiger partial charge in [-0.1, -0.05) is 6.92 Å². The number of aliphatic carboxylic acids is 1. The van der Waals surface area contributed by atoms with E-state index in [9.17, 15) is 9.90 Å². The van der Waals surface area contributed by atoms with Gasteiger partial charge in [-0.2, -0.15) is 0 Å². The molecule has 0 spiro atoms. The van der Waals surface area contributed by atoms with Crippen molar-refractivity contribution < 1.29 is 15.0 Å². The molecule has 88 valence electrons. The first kappa shape index (κ1) is 11.1. The van der Waals surface area contributed by atoms with Crippen LogP contribution in [0.2, 0.25) is 0 Å². The number of nitrogens with zero attached hydrogens (tertiary/aromatic N) is 2. The van der Waals surface area contributed by atoms with Crippen molar-refractivity contribution >= 4 is 5.97 Å². The van der Waals surface area contributed by atoms with Crippen molar-refractivity contribution in [3.63, 3.8) is 0 Å². The second-order valence-corrected chi connectivity index (χ2v) is 4.48. The van der Waals surface area contributed by atoms with Crippen molar-refractivity contribution in [1.82, 2.24) is 9.55 Å². The second kappa shape index (κ2) is 4.25. The SMILES string of the molecule is CC(CC(=O)O)C(O)c1cncn1C1CC1. The van der Waals surface area contributed by atoms with Crippen molar-refractivity contribution in [2.45, 2.75) is 38.3 Å². The molecule has 5 nitrogen and oxygen atoms in total. The van der Waals surface area contributed by atoms with Gasteiger partial charge < -0.3 is 14.8 Å². The van der Waals surface area contributed by atoms with Crippen LogP contribution in [0.15, 0.2) is 12.5 Å². The number of carboxylic acids is 1. The molecule has 1 aliphatic carbocycles. The number of imidazole rings is 1. The van der Waals surface area contributed by atoms with E-state index in [0.717, 1.165) is 18.5 Å². The number of hydrogen-bond acceptors (Lipinski definition) is 3. The maximum atomic E-state index is 10.6. The van der Waals surface area contributed by atoms with Crippen LogP contribution in [0.1, 0.15) is 44.0 Å². The number of aliphatic hydroxyl groups is 1. The van der Waals surface area contributed by atoms with E-state index in [1.807, 2.05) is 4.57 Å². The molecule has 0 aromatic carbocycles. The van der Waals surface area contributed by atoms with Crippen molar-refractivity contribution in [3.8, 4) is 0 Å². The maximum absolute atomic E-state index is 10.6. The highest BCUT2D eigenvalue weighted by molar-refractivity contribution is 5.67. The molecule has 0 bridgehead atoms. The van der Waals surface area contributed by atoms with E-state index in [1.165, 1.54) is 0 Å². The van der Waals surface area contributed by atoms with Crippen molar-refractivity contribution in [2.24, 2.45) is 5.92 Å². The van der Waals surface area contributed by atoms with Crippen LogP contribution in [0.25, 0.3) is 0 Å². The van der Waals surface area contributed by atoms with Gasteiger partial charge in [0.1, 0.15) is 0 Å². The Hall–Kier alpha value is -1.36. The molecule has 2 N–H and O–H groups in total. The fourth-order valence-electron chi connectivity index (χ4n) is 1.88. The Kier molecular flexibility index (Phi) is 2.96. The lowest BCUT2D eigenvalue weighted by Crippen LogP contribution is -2.16. The lowest BCUT2D eigenvalue weighted by atomic mass is 9.98. The molecule has 1 aliphatic rings. The highest BCUT2D eigenvalue weighted by Gasteiger charge is 2.29. The minimum atomic E-state index is -0.885. The normalized spacial score (nSPS) is 19.4. The van der Waals surface area contributed by atoms with Crippen LogP contribution < -0.4 is 0 Å². The fraction of sp³-hybridized carbons (Fsp3) is 0.636. The van der Waals surface area contributed by atoms with E-state index in [2.05, 4.69) is 4.98 Å². The van der Waals surface area contributed by atoms with Crippen LogP contribution in [-0.2, 0) is 4.79 Å². The molecule has 1 fully saturated rings. The first-order valence-corrected chi connectivity index (χ1v) is 5.51. The summed E-state index contributed by atoms with van der Waals surface area (Å²) >= 11 is 0. The standard InChI is InChI=1S/C11H16N2O3/c1-7(4-10(14)15)11(16)9-5-12-6-13(9)8-2-3-8/h5-8,11,16H,2-4H2,1H3,(H,14,15). The number of aliphatic hydroxyl groups excluding tert-OH is 1. The molecule has 1 saturated carbocycles. The molecule has 16 heavy (non-hydrogen) atoms. The van der Waals surface area contributed by atoms with E-state index in [-0.39, 0.29) is 12.3 Å².